The number of sulfone groups is 1. The maximum atomic E-state index is 13.1. The molecule has 1 atom stereocenters. The van der Waals surface area contributed by atoms with Crippen LogP contribution in [0, 0.1) is 5.82 Å². The third-order valence-corrected chi connectivity index (χ3v) is 6.46. The molecule has 27 heavy (non-hydrogen) atoms. The molecule has 0 spiro atoms. The van der Waals surface area contributed by atoms with E-state index in [2.05, 4.69) is 10.6 Å². The lowest BCUT2D eigenvalue weighted by Gasteiger charge is -2.24. The Hall–Kier alpha value is -2.39. The fourth-order valence-electron chi connectivity index (χ4n) is 2.89. The first-order valence-corrected chi connectivity index (χ1v) is 10.2. The molecule has 2 amide bonds. The number of nitrogens with one attached hydrogen (secondary N) is 2. The number of urea groups is 1. The normalized spacial score (nSPS) is 16.6. The summed E-state index contributed by atoms with van der Waals surface area (Å²) in [5, 5.41) is 4.29. The van der Waals surface area contributed by atoms with E-state index in [1.807, 2.05) is 0 Å². The predicted molar refractivity (Wildman–Crippen MR) is 95.4 cm³/mol. The fourth-order valence-corrected chi connectivity index (χ4v) is 4.48. The molecular formula is C18H21FN2O5S. The van der Waals surface area contributed by atoms with Gasteiger partial charge in [-0.05, 0) is 49.2 Å². The minimum absolute atomic E-state index is 0.00508. The van der Waals surface area contributed by atoms with E-state index in [-0.39, 0.29) is 23.2 Å². The van der Waals surface area contributed by atoms with Gasteiger partial charge in [-0.25, -0.2) is 17.6 Å². The lowest BCUT2D eigenvalue weighted by atomic mass is 10.1. The van der Waals surface area contributed by atoms with Crippen LogP contribution in [-0.4, -0.2) is 40.2 Å². The van der Waals surface area contributed by atoms with Gasteiger partial charge in [-0.2, -0.15) is 0 Å². The molecule has 2 aromatic rings. The number of rotatable bonds is 6. The molecule has 3 rings (SSSR count). The van der Waals surface area contributed by atoms with E-state index >= 15 is 0 Å². The SMILES string of the molecule is O=C(NCC(c1ccco1)S(=O)(=O)c1ccc(F)cc1)NC1CCOCC1. The second-order valence-electron chi connectivity index (χ2n) is 6.24. The number of amides is 2. The van der Waals surface area contributed by atoms with Crippen LogP contribution in [0.5, 0.6) is 0 Å². The smallest absolute Gasteiger partial charge is 0.315 e. The topological polar surface area (TPSA) is 97.6 Å². The molecule has 0 bridgehead atoms. The van der Waals surface area contributed by atoms with Crippen LogP contribution in [0.4, 0.5) is 9.18 Å². The number of benzene rings is 1. The molecule has 0 saturated carbocycles. The van der Waals surface area contributed by atoms with Crippen molar-refractivity contribution in [2.45, 2.75) is 29.0 Å². The average Bonchev–Trinajstić information content (AvgIpc) is 3.17. The van der Waals surface area contributed by atoms with Crippen molar-refractivity contribution in [2.75, 3.05) is 19.8 Å². The number of hydrogen-bond donors (Lipinski definition) is 2. The lowest BCUT2D eigenvalue weighted by molar-refractivity contribution is 0.0801. The largest absolute Gasteiger partial charge is 0.468 e. The van der Waals surface area contributed by atoms with Gasteiger partial charge in [0.2, 0.25) is 0 Å². The first-order chi connectivity index (χ1) is 13.0. The highest BCUT2D eigenvalue weighted by atomic mass is 32.2. The van der Waals surface area contributed by atoms with Crippen molar-refractivity contribution in [2.24, 2.45) is 0 Å². The summed E-state index contributed by atoms with van der Waals surface area (Å²) in [5.74, 6) is -0.330. The predicted octanol–water partition coefficient (Wildman–Crippen LogP) is 2.41. The Morgan fingerprint density at radius 1 is 1.19 bits per heavy atom. The van der Waals surface area contributed by atoms with E-state index < -0.39 is 26.9 Å². The van der Waals surface area contributed by atoms with Gasteiger partial charge in [0.25, 0.3) is 0 Å². The number of hydrogen-bond acceptors (Lipinski definition) is 5. The van der Waals surface area contributed by atoms with Crippen LogP contribution in [-0.2, 0) is 14.6 Å². The van der Waals surface area contributed by atoms with Crippen LogP contribution in [0.15, 0.2) is 52.0 Å². The zero-order chi connectivity index (χ0) is 19.3. The van der Waals surface area contributed by atoms with E-state index in [0.29, 0.717) is 26.1 Å². The summed E-state index contributed by atoms with van der Waals surface area (Å²) >= 11 is 0. The van der Waals surface area contributed by atoms with E-state index in [1.54, 1.807) is 6.07 Å². The van der Waals surface area contributed by atoms with Gasteiger partial charge in [-0.15, -0.1) is 0 Å². The maximum Gasteiger partial charge on any atom is 0.315 e. The van der Waals surface area contributed by atoms with Crippen molar-refractivity contribution >= 4 is 15.9 Å². The summed E-state index contributed by atoms with van der Waals surface area (Å²) in [5.41, 5.74) is 0. The number of ether oxygens (including phenoxy) is 1. The number of carbonyl (C=O) groups excluding carboxylic acids is 1. The van der Waals surface area contributed by atoms with Crippen LogP contribution in [0.2, 0.25) is 0 Å². The maximum absolute atomic E-state index is 13.1. The summed E-state index contributed by atoms with van der Waals surface area (Å²) in [7, 11) is -3.89. The Labute approximate surface area is 156 Å². The standard InChI is InChI=1S/C18H21FN2O5S/c19-13-3-5-15(6-4-13)27(23,24)17(16-2-1-9-26-16)12-20-18(22)21-14-7-10-25-11-8-14/h1-6,9,14,17H,7-8,10-12H2,(H2,20,21,22). The third-order valence-electron chi connectivity index (χ3n) is 4.38. The van der Waals surface area contributed by atoms with Gasteiger partial charge in [0.1, 0.15) is 16.8 Å². The van der Waals surface area contributed by atoms with Crippen molar-refractivity contribution in [3.05, 3.63) is 54.2 Å². The molecule has 1 aromatic carbocycles. The second kappa shape index (κ2) is 8.53. The number of furan rings is 1. The van der Waals surface area contributed by atoms with Gasteiger partial charge >= 0.3 is 6.03 Å². The number of carbonyl (C=O) groups is 1. The van der Waals surface area contributed by atoms with Gasteiger partial charge < -0.3 is 19.8 Å². The highest BCUT2D eigenvalue weighted by Crippen LogP contribution is 2.29. The van der Waals surface area contributed by atoms with E-state index in [4.69, 9.17) is 9.15 Å². The molecule has 1 fully saturated rings. The van der Waals surface area contributed by atoms with Crippen molar-refractivity contribution in [1.29, 1.82) is 0 Å². The Bertz CT molecular complexity index is 846. The minimum Gasteiger partial charge on any atom is -0.468 e. The summed E-state index contributed by atoms with van der Waals surface area (Å²) in [6.07, 6.45) is 2.79. The molecule has 1 aliphatic heterocycles. The van der Waals surface area contributed by atoms with Gasteiger partial charge in [-0.1, -0.05) is 0 Å². The third kappa shape index (κ3) is 4.86. The highest BCUT2D eigenvalue weighted by molar-refractivity contribution is 7.91. The fraction of sp³-hybridized carbons (Fsp3) is 0.389. The second-order valence-corrected chi connectivity index (χ2v) is 8.37. The molecule has 146 valence electrons. The van der Waals surface area contributed by atoms with Crippen molar-refractivity contribution < 1.29 is 26.8 Å². The molecule has 2 N–H and O–H groups in total. The zero-order valence-corrected chi connectivity index (χ0v) is 15.4. The molecule has 1 unspecified atom stereocenters. The van der Waals surface area contributed by atoms with Crippen LogP contribution in [0.1, 0.15) is 23.9 Å². The van der Waals surface area contributed by atoms with E-state index in [1.165, 1.54) is 24.5 Å². The quantitative estimate of drug-likeness (QED) is 0.731. The molecule has 1 saturated heterocycles. The van der Waals surface area contributed by atoms with Gasteiger partial charge in [0.05, 0.1) is 11.2 Å². The van der Waals surface area contributed by atoms with Crippen molar-refractivity contribution in [3.63, 3.8) is 0 Å². The molecule has 7 nitrogen and oxygen atoms in total. The minimum atomic E-state index is -3.89. The number of halogens is 1. The molecule has 1 aromatic heterocycles. The highest BCUT2D eigenvalue weighted by Gasteiger charge is 2.32. The summed E-state index contributed by atoms with van der Waals surface area (Å²) < 4.78 is 49.6. The van der Waals surface area contributed by atoms with Crippen LogP contribution in [0.25, 0.3) is 0 Å². The molecule has 0 radical (unpaired) electrons. The van der Waals surface area contributed by atoms with Gasteiger partial charge in [-0.3, -0.25) is 0 Å². The molecule has 9 heteroatoms. The van der Waals surface area contributed by atoms with E-state index in [0.717, 1.165) is 12.1 Å². The summed E-state index contributed by atoms with van der Waals surface area (Å²) in [4.78, 5) is 12.1. The Morgan fingerprint density at radius 2 is 1.89 bits per heavy atom. The first-order valence-electron chi connectivity index (χ1n) is 8.62. The monoisotopic (exact) mass is 396 g/mol. The Balaban J connectivity index is 1.72. The molecular weight excluding hydrogens is 375 g/mol. The lowest BCUT2D eigenvalue weighted by Crippen LogP contribution is -2.46. The van der Waals surface area contributed by atoms with Crippen molar-refractivity contribution in [1.82, 2.24) is 10.6 Å². The van der Waals surface area contributed by atoms with Gasteiger partial charge in [0, 0.05) is 25.8 Å². The summed E-state index contributed by atoms with van der Waals surface area (Å²) in [6.45, 7) is 0.986. The van der Waals surface area contributed by atoms with Crippen LogP contribution >= 0.6 is 0 Å². The van der Waals surface area contributed by atoms with Crippen LogP contribution < -0.4 is 10.6 Å². The van der Waals surface area contributed by atoms with Crippen LogP contribution in [0.3, 0.4) is 0 Å². The van der Waals surface area contributed by atoms with E-state index in [9.17, 15) is 17.6 Å². The Morgan fingerprint density at radius 3 is 2.52 bits per heavy atom. The van der Waals surface area contributed by atoms with Crippen molar-refractivity contribution in [3.8, 4) is 0 Å². The molecule has 1 aliphatic rings. The average molecular weight is 396 g/mol. The van der Waals surface area contributed by atoms with Gasteiger partial charge in [0.15, 0.2) is 9.84 Å². The first kappa shape index (κ1) is 19.4. The molecule has 0 aliphatic carbocycles. The zero-order valence-electron chi connectivity index (χ0n) is 14.6. The molecule has 2 heterocycles. The summed E-state index contributed by atoms with van der Waals surface area (Å²) in [6, 6.07) is 7.21. The Kier molecular flexibility index (Phi) is 6.12.